The molecule has 2 aromatic rings. The fraction of sp³-hybridized carbons (Fsp3) is 0.316. The number of benzene rings is 2. The summed E-state index contributed by atoms with van der Waals surface area (Å²) in [5, 5.41) is 2.80. The van der Waals surface area contributed by atoms with E-state index in [0.717, 1.165) is 5.56 Å². The van der Waals surface area contributed by atoms with Crippen molar-refractivity contribution in [2.45, 2.75) is 12.5 Å². The van der Waals surface area contributed by atoms with Gasteiger partial charge in [0.25, 0.3) is 0 Å². The van der Waals surface area contributed by atoms with Gasteiger partial charge in [-0.2, -0.15) is 0 Å². The molecule has 2 rings (SSSR count). The van der Waals surface area contributed by atoms with E-state index in [1.807, 2.05) is 30.3 Å². The Morgan fingerprint density at radius 2 is 1.58 bits per heavy atom. The van der Waals surface area contributed by atoms with Gasteiger partial charge in [-0.15, -0.1) is 12.4 Å². The number of hydrogen-bond acceptors (Lipinski definition) is 5. The minimum Gasteiger partial charge on any atom is -0.496 e. The van der Waals surface area contributed by atoms with E-state index < -0.39 is 5.54 Å². The SMILES string of the molecule is COc1cc(OC)cc(OCCNC(=O)C(C)(N)c2ccccc2)c1.Cl. The van der Waals surface area contributed by atoms with E-state index >= 15 is 0 Å². The molecule has 0 aliphatic rings. The van der Waals surface area contributed by atoms with E-state index in [0.29, 0.717) is 30.4 Å². The highest BCUT2D eigenvalue weighted by atomic mass is 35.5. The zero-order valence-corrected chi connectivity index (χ0v) is 16.0. The second kappa shape index (κ2) is 9.89. The van der Waals surface area contributed by atoms with Crippen molar-refractivity contribution in [3.8, 4) is 17.2 Å². The Morgan fingerprint density at radius 3 is 2.12 bits per heavy atom. The van der Waals surface area contributed by atoms with Crippen LogP contribution in [-0.2, 0) is 10.3 Å². The first kappa shape index (κ1) is 21.6. The molecule has 0 saturated heterocycles. The maximum Gasteiger partial charge on any atom is 0.244 e. The van der Waals surface area contributed by atoms with E-state index in [9.17, 15) is 4.79 Å². The van der Waals surface area contributed by atoms with E-state index in [1.54, 1.807) is 39.3 Å². The van der Waals surface area contributed by atoms with Crippen molar-refractivity contribution < 1.29 is 19.0 Å². The van der Waals surface area contributed by atoms with Crippen LogP contribution in [0.4, 0.5) is 0 Å². The predicted molar refractivity (Wildman–Crippen MR) is 103 cm³/mol. The molecule has 1 unspecified atom stereocenters. The molecule has 7 heteroatoms. The van der Waals surface area contributed by atoms with Crippen molar-refractivity contribution >= 4 is 18.3 Å². The quantitative estimate of drug-likeness (QED) is 0.687. The second-order valence-corrected chi connectivity index (χ2v) is 5.72. The van der Waals surface area contributed by atoms with E-state index in [2.05, 4.69) is 5.32 Å². The number of methoxy groups -OCH3 is 2. The van der Waals surface area contributed by atoms with E-state index in [-0.39, 0.29) is 18.3 Å². The lowest BCUT2D eigenvalue weighted by molar-refractivity contribution is -0.126. The Kier molecular flexibility index (Phi) is 8.22. The van der Waals surface area contributed by atoms with E-state index in [1.165, 1.54) is 0 Å². The first-order valence-corrected chi connectivity index (χ1v) is 7.96. The molecule has 0 radical (unpaired) electrons. The molecule has 0 aliphatic carbocycles. The van der Waals surface area contributed by atoms with Crippen molar-refractivity contribution in [1.82, 2.24) is 5.32 Å². The zero-order chi connectivity index (χ0) is 18.3. The predicted octanol–water partition coefficient (Wildman–Crippen LogP) is 2.49. The third-order valence-corrected chi connectivity index (χ3v) is 3.83. The van der Waals surface area contributed by atoms with Crippen molar-refractivity contribution in [2.75, 3.05) is 27.4 Å². The normalized spacial score (nSPS) is 12.3. The first-order valence-electron chi connectivity index (χ1n) is 7.96. The van der Waals surface area contributed by atoms with Crippen molar-refractivity contribution in [3.63, 3.8) is 0 Å². The highest BCUT2D eigenvalue weighted by Crippen LogP contribution is 2.27. The molecule has 0 heterocycles. The van der Waals surface area contributed by atoms with Gasteiger partial charge in [0.1, 0.15) is 29.4 Å². The number of nitrogens with one attached hydrogen (secondary N) is 1. The van der Waals surface area contributed by atoms with Gasteiger partial charge in [0.05, 0.1) is 20.8 Å². The number of amides is 1. The fourth-order valence-corrected chi connectivity index (χ4v) is 2.30. The average molecular weight is 381 g/mol. The number of halogens is 1. The van der Waals surface area contributed by atoms with Gasteiger partial charge < -0.3 is 25.3 Å². The summed E-state index contributed by atoms with van der Waals surface area (Å²) in [7, 11) is 3.15. The van der Waals surface area contributed by atoms with E-state index in [4.69, 9.17) is 19.9 Å². The van der Waals surface area contributed by atoms with Crippen molar-refractivity contribution in [2.24, 2.45) is 5.73 Å². The van der Waals surface area contributed by atoms with Crippen LogP contribution < -0.4 is 25.3 Å². The minimum atomic E-state index is -1.10. The van der Waals surface area contributed by atoms with Crippen LogP contribution in [0.3, 0.4) is 0 Å². The van der Waals surface area contributed by atoms with Gasteiger partial charge in [-0.1, -0.05) is 30.3 Å². The fourth-order valence-electron chi connectivity index (χ4n) is 2.30. The Balaban J connectivity index is 0.00000338. The Labute approximate surface area is 160 Å². The topological polar surface area (TPSA) is 82.8 Å². The lowest BCUT2D eigenvalue weighted by Gasteiger charge is -2.24. The standard InChI is InChI=1S/C19H24N2O4.ClH/c1-19(20,14-7-5-4-6-8-14)18(22)21-9-10-25-17-12-15(23-2)11-16(13-17)24-3;/h4-8,11-13H,9-10,20H2,1-3H3,(H,21,22);1H. The third kappa shape index (κ3) is 5.54. The highest BCUT2D eigenvalue weighted by Gasteiger charge is 2.29. The summed E-state index contributed by atoms with van der Waals surface area (Å²) >= 11 is 0. The summed E-state index contributed by atoms with van der Waals surface area (Å²) in [4.78, 5) is 12.3. The lowest BCUT2D eigenvalue weighted by Crippen LogP contribution is -2.49. The lowest BCUT2D eigenvalue weighted by atomic mass is 9.92. The maximum atomic E-state index is 12.3. The summed E-state index contributed by atoms with van der Waals surface area (Å²) in [6.45, 7) is 2.32. The van der Waals surface area contributed by atoms with Crippen LogP contribution in [0, 0.1) is 0 Å². The number of ether oxygens (including phenoxy) is 3. The number of carbonyl (C=O) groups excluding carboxylic acids is 1. The summed E-state index contributed by atoms with van der Waals surface area (Å²) in [6, 6.07) is 14.5. The molecule has 1 atom stereocenters. The molecular formula is C19H25ClN2O4. The smallest absolute Gasteiger partial charge is 0.244 e. The van der Waals surface area contributed by atoms with Crippen LogP contribution in [0.1, 0.15) is 12.5 Å². The van der Waals surface area contributed by atoms with Crippen LogP contribution >= 0.6 is 12.4 Å². The molecule has 0 fully saturated rings. The molecule has 142 valence electrons. The minimum absolute atomic E-state index is 0. The molecule has 26 heavy (non-hydrogen) atoms. The molecule has 2 aromatic carbocycles. The Bertz CT molecular complexity index is 686. The Morgan fingerprint density at radius 1 is 1.04 bits per heavy atom. The molecule has 0 aromatic heterocycles. The summed E-state index contributed by atoms with van der Waals surface area (Å²) in [5.41, 5.74) is 5.82. The van der Waals surface area contributed by atoms with Crippen molar-refractivity contribution in [3.05, 3.63) is 54.1 Å². The van der Waals surface area contributed by atoms with Crippen LogP contribution in [0.2, 0.25) is 0 Å². The molecule has 0 bridgehead atoms. The van der Waals surface area contributed by atoms with Gasteiger partial charge in [-0.05, 0) is 12.5 Å². The van der Waals surface area contributed by atoms with Gasteiger partial charge >= 0.3 is 0 Å². The molecule has 0 spiro atoms. The van der Waals surface area contributed by atoms with Gasteiger partial charge in [-0.3, -0.25) is 4.79 Å². The molecule has 3 N–H and O–H groups in total. The summed E-state index contributed by atoms with van der Waals surface area (Å²) in [5.74, 6) is 1.61. The van der Waals surface area contributed by atoms with Crippen LogP contribution in [0.5, 0.6) is 17.2 Å². The second-order valence-electron chi connectivity index (χ2n) is 5.72. The summed E-state index contributed by atoms with van der Waals surface area (Å²) < 4.78 is 16.0. The largest absolute Gasteiger partial charge is 0.496 e. The van der Waals surface area contributed by atoms with Crippen LogP contribution in [0.25, 0.3) is 0 Å². The van der Waals surface area contributed by atoms with Crippen LogP contribution in [0.15, 0.2) is 48.5 Å². The van der Waals surface area contributed by atoms with Crippen LogP contribution in [-0.4, -0.2) is 33.3 Å². The average Bonchev–Trinajstić information content (AvgIpc) is 2.65. The number of nitrogens with two attached hydrogens (primary N) is 1. The molecular weight excluding hydrogens is 356 g/mol. The van der Waals surface area contributed by atoms with Gasteiger partial charge in [0.15, 0.2) is 0 Å². The maximum absolute atomic E-state index is 12.3. The zero-order valence-electron chi connectivity index (χ0n) is 15.2. The molecule has 0 saturated carbocycles. The third-order valence-electron chi connectivity index (χ3n) is 3.83. The number of carbonyl (C=O) groups is 1. The highest BCUT2D eigenvalue weighted by molar-refractivity contribution is 5.87. The van der Waals surface area contributed by atoms with Gasteiger partial charge in [-0.25, -0.2) is 0 Å². The molecule has 0 aliphatic heterocycles. The number of rotatable bonds is 8. The first-order chi connectivity index (χ1) is 12.0. The molecule has 6 nitrogen and oxygen atoms in total. The summed E-state index contributed by atoms with van der Waals surface area (Å²) in [6.07, 6.45) is 0. The van der Waals surface area contributed by atoms with Gasteiger partial charge in [0, 0.05) is 18.2 Å². The number of hydrogen-bond donors (Lipinski definition) is 2. The molecule has 1 amide bonds. The van der Waals surface area contributed by atoms with Crippen molar-refractivity contribution in [1.29, 1.82) is 0 Å². The monoisotopic (exact) mass is 380 g/mol. The van der Waals surface area contributed by atoms with Gasteiger partial charge in [0.2, 0.25) is 5.91 Å². The Hall–Kier alpha value is -2.44.